The standard InChI is InChI=1S/C52H95NO10/c1-3-5-7-9-11-13-15-16-17-18-19-20-21-22-23-24-25-26-27-28-29-30-32-33-35-37-39-44(55)47(57)43(42-62-52-50(60)49(59)48(58)46(41-54)63-52)53-51(61)45(56)40-38-36-34-31-14-12-10-8-6-4-2/h10,12,23-24,27-28,32-33,43-50,52,54-60H,3-9,11,13-22,25-26,29-31,34-42H2,1-2H3,(H,53,61)/b12-10-,24-23+,28-27+,33-32+. The van der Waals surface area contributed by atoms with E-state index in [9.17, 15) is 40.5 Å². The molecule has 1 aliphatic heterocycles. The van der Waals surface area contributed by atoms with E-state index in [0.29, 0.717) is 19.3 Å². The van der Waals surface area contributed by atoms with Crippen molar-refractivity contribution in [2.24, 2.45) is 0 Å². The van der Waals surface area contributed by atoms with Gasteiger partial charge in [-0.1, -0.05) is 172 Å². The van der Waals surface area contributed by atoms with Crippen LogP contribution in [0.2, 0.25) is 0 Å². The van der Waals surface area contributed by atoms with Crippen LogP contribution in [0.15, 0.2) is 48.6 Å². The molecule has 11 nitrogen and oxygen atoms in total. The minimum Gasteiger partial charge on any atom is -0.394 e. The molecule has 0 aromatic rings. The molecule has 0 aromatic carbocycles. The first-order chi connectivity index (χ1) is 30.7. The number of carbonyl (C=O) groups is 1. The summed E-state index contributed by atoms with van der Waals surface area (Å²) >= 11 is 0. The van der Waals surface area contributed by atoms with Gasteiger partial charge in [0.05, 0.1) is 25.4 Å². The fourth-order valence-corrected chi connectivity index (χ4v) is 7.81. The number of carbonyl (C=O) groups excluding carboxylic acids is 1. The van der Waals surface area contributed by atoms with Crippen molar-refractivity contribution in [1.29, 1.82) is 0 Å². The van der Waals surface area contributed by atoms with Crippen molar-refractivity contribution in [1.82, 2.24) is 5.32 Å². The number of unbranched alkanes of at least 4 members (excludes halogenated alkanes) is 22. The van der Waals surface area contributed by atoms with E-state index in [2.05, 4.69) is 67.8 Å². The van der Waals surface area contributed by atoms with Crippen molar-refractivity contribution in [2.45, 2.75) is 262 Å². The molecule has 9 atom stereocenters. The summed E-state index contributed by atoms with van der Waals surface area (Å²) in [7, 11) is 0. The summed E-state index contributed by atoms with van der Waals surface area (Å²) in [5.41, 5.74) is 0. The van der Waals surface area contributed by atoms with Crippen molar-refractivity contribution in [3.05, 3.63) is 48.6 Å². The van der Waals surface area contributed by atoms with E-state index in [4.69, 9.17) is 9.47 Å². The monoisotopic (exact) mass is 894 g/mol. The van der Waals surface area contributed by atoms with E-state index in [0.717, 1.165) is 57.8 Å². The molecule has 0 radical (unpaired) electrons. The molecule has 0 saturated carbocycles. The quantitative estimate of drug-likeness (QED) is 0.0217. The van der Waals surface area contributed by atoms with Gasteiger partial charge >= 0.3 is 0 Å². The lowest BCUT2D eigenvalue weighted by atomic mass is 9.98. The second-order valence-electron chi connectivity index (χ2n) is 17.9. The summed E-state index contributed by atoms with van der Waals surface area (Å²) in [6, 6.07) is -1.20. The number of aliphatic hydroxyl groups excluding tert-OH is 7. The number of amides is 1. The Morgan fingerprint density at radius 1 is 0.540 bits per heavy atom. The van der Waals surface area contributed by atoms with Gasteiger partial charge < -0.3 is 50.5 Å². The van der Waals surface area contributed by atoms with Gasteiger partial charge in [0.1, 0.15) is 36.6 Å². The zero-order chi connectivity index (χ0) is 46.2. The molecule has 0 aromatic heterocycles. The lowest BCUT2D eigenvalue weighted by Crippen LogP contribution is -2.60. The third-order valence-electron chi connectivity index (χ3n) is 12.1. The molecule has 0 aliphatic carbocycles. The Morgan fingerprint density at radius 2 is 0.968 bits per heavy atom. The van der Waals surface area contributed by atoms with Gasteiger partial charge in [0, 0.05) is 0 Å². The molecule has 368 valence electrons. The van der Waals surface area contributed by atoms with Gasteiger partial charge in [-0.05, 0) is 83.5 Å². The van der Waals surface area contributed by atoms with Gasteiger partial charge in [-0.25, -0.2) is 0 Å². The van der Waals surface area contributed by atoms with E-state index >= 15 is 0 Å². The predicted octanol–water partition coefficient (Wildman–Crippen LogP) is 9.34. The SMILES string of the molecule is CCCC/C=C\CCCCCCC(O)C(=O)NC(COC1OC(CO)C(O)C(O)C1O)C(O)C(O)CCC/C=C/CC/C=C/CC/C=C/CCCCCCCCCCCCCCC. The number of rotatable bonds is 42. The third-order valence-corrected chi connectivity index (χ3v) is 12.1. The number of hydrogen-bond donors (Lipinski definition) is 8. The second-order valence-corrected chi connectivity index (χ2v) is 17.9. The fourth-order valence-electron chi connectivity index (χ4n) is 7.81. The number of hydrogen-bond acceptors (Lipinski definition) is 10. The highest BCUT2D eigenvalue weighted by Gasteiger charge is 2.44. The minimum atomic E-state index is -1.67. The Morgan fingerprint density at radius 3 is 1.46 bits per heavy atom. The Hall–Kier alpha value is -1.93. The van der Waals surface area contributed by atoms with Crippen LogP contribution in [0.5, 0.6) is 0 Å². The smallest absolute Gasteiger partial charge is 0.249 e. The van der Waals surface area contributed by atoms with Crippen molar-refractivity contribution in [3.8, 4) is 0 Å². The average Bonchev–Trinajstić information content (AvgIpc) is 3.28. The number of nitrogens with one attached hydrogen (secondary N) is 1. The Kier molecular flexibility index (Phi) is 38.9. The topological polar surface area (TPSA) is 189 Å². The fraction of sp³-hybridized carbons (Fsp3) is 0.827. The van der Waals surface area contributed by atoms with Crippen molar-refractivity contribution in [2.75, 3.05) is 13.2 Å². The van der Waals surface area contributed by atoms with Crippen LogP contribution < -0.4 is 5.32 Å². The highest BCUT2D eigenvalue weighted by Crippen LogP contribution is 2.23. The van der Waals surface area contributed by atoms with Crippen molar-refractivity contribution < 1.29 is 50.0 Å². The molecule has 9 unspecified atom stereocenters. The largest absolute Gasteiger partial charge is 0.394 e. The Labute approximate surface area is 383 Å². The van der Waals surface area contributed by atoms with E-state index in [-0.39, 0.29) is 12.8 Å². The lowest BCUT2D eigenvalue weighted by molar-refractivity contribution is -0.303. The third kappa shape index (κ3) is 30.8. The van der Waals surface area contributed by atoms with Crippen LogP contribution >= 0.6 is 0 Å². The van der Waals surface area contributed by atoms with E-state index in [1.807, 2.05) is 0 Å². The molecule has 0 spiro atoms. The Bertz CT molecular complexity index is 1160. The maximum atomic E-state index is 13.0. The van der Waals surface area contributed by atoms with Gasteiger partial charge in [0.2, 0.25) is 5.91 Å². The van der Waals surface area contributed by atoms with E-state index < -0.39 is 74.2 Å². The summed E-state index contributed by atoms with van der Waals surface area (Å²) in [6.45, 7) is 3.36. The van der Waals surface area contributed by atoms with E-state index in [1.54, 1.807) is 0 Å². The van der Waals surface area contributed by atoms with Crippen LogP contribution in [-0.4, -0.2) is 110 Å². The highest BCUT2D eigenvalue weighted by atomic mass is 16.7. The van der Waals surface area contributed by atoms with E-state index in [1.165, 1.54) is 103 Å². The first-order valence-corrected chi connectivity index (χ1v) is 25.5. The molecule has 1 heterocycles. The van der Waals surface area contributed by atoms with Gasteiger partial charge in [-0.2, -0.15) is 0 Å². The summed E-state index contributed by atoms with van der Waals surface area (Å²) in [5, 5.41) is 75.6. The minimum absolute atomic E-state index is 0.232. The zero-order valence-corrected chi connectivity index (χ0v) is 39.8. The molecule has 0 bridgehead atoms. The van der Waals surface area contributed by atoms with Gasteiger partial charge in [-0.3, -0.25) is 4.79 Å². The van der Waals surface area contributed by atoms with Gasteiger partial charge in [0.25, 0.3) is 0 Å². The Balaban J connectivity index is 2.37. The molecule has 11 heteroatoms. The number of ether oxygens (including phenoxy) is 2. The molecule has 1 saturated heterocycles. The molecule has 1 amide bonds. The lowest BCUT2D eigenvalue weighted by Gasteiger charge is -2.40. The zero-order valence-electron chi connectivity index (χ0n) is 39.8. The van der Waals surface area contributed by atoms with Crippen LogP contribution in [-0.2, 0) is 14.3 Å². The predicted molar refractivity (Wildman–Crippen MR) is 256 cm³/mol. The molecular formula is C52H95NO10. The maximum absolute atomic E-state index is 13.0. The van der Waals surface area contributed by atoms with Crippen LogP contribution in [0.1, 0.15) is 206 Å². The molecule has 1 rings (SSSR count). The van der Waals surface area contributed by atoms with Crippen molar-refractivity contribution >= 4 is 5.91 Å². The van der Waals surface area contributed by atoms with Gasteiger partial charge in [0.15, 0.2) is 6.29 Å². The number of aliphatic hydroxyl groups is 7. The highest BCUT2D eigenvalue weighted by molar-refractivity contribution is 5.80. The molecule has 8 N–H and O–H groups in total. The first kappa shape index (κ1) is 59.1. The summed E-state index contributed by atoms with van der Waals surface area (Å²) in [5.74, 6) is -0.726. The molecule has 1 fully saturated rings. The van der Waals surface area contributed by atoms with Crippen LogP contribution in [0.4, 0.5) is 0 Å². The van der Waals surface area contributed by atoms with Crippen LogP contribution in [0, 0.1) is 0 Å². The normalized spacial score (nSPS) is 21.6. The van der Waals surface area contributed by atoms with Gasteiger partial charge in [-0.15, -0.1) is 0 Å². The number of allylic oxidation sites excluding steroid dienone is 8. The summed E-state index contributed by atoms with van der Waals surface area (Å²) in [4.78, 5) is 13.0. The molecule has 63 heavy (non-hydrogen) atoms. The first-order valence-electron chi connectivity index (χ1n) is 25.5. The molecule has 1 aliphatic rings. The average molecular weight is 894 g/mol. The van der Waals surface area contributed by atoms with Crippen molar-refractivity contribution in [3.63, 3.8) is 0 Å². The van der Waals surface area contributed by atoms with Crippen LogP contribution in [0.3, 0.4) is 0 Å². The maximum Gasteiger partial charge on any atom is 0.249 e. The second kappa shape index (κ2) is 41.5. The summed E-state index contributed by atoms with van der Waals surface area (Å²) in [6.07, 6.45) is 39.0. The summed E-state index contributed by atoms with van der Waals surface area (Å²) < 4.78 is 11.1. The molecular weight excluding hydrogens is 799 g/mol. The van der Waals surface area contributed by atoms with Crippen LogP contribution in [0.25, 0.3) is 0 Å².